The van der Waals surface area contributed by atoms with Gasteiger partial charge in [0.2, 0.25) is 0 Å². The van der Waals surface area contributed by atoms with Crippen molar-refractivity contribution in [3.05, 3.63) is 0 Å². The van der Waals surface area contributed by atoms with Crippen LogP contribution in [0.2, 0.25) is 5.54 Å². The smallest absolute Gasteiger partial charge is 0.390 e. The molecule has 0 aliphatic rings. The molecule has 0 aromatic heterocycles. The van der Waals surface area contributed by atoms with E-state index in [0.717, 1.165) is 6.42 Å². The van der Waals surface area contributed by atoms with Crippen LogP contribution in [0.25, 0.3) is 0 Å². The topological polar surface area (TPSA) is 18.5 Å². The molecule has 74 valence electrons. The summed E-state index contributed by atoms with van der Waals surface area (Å²) in [6.45, 7) is 4.37. The molecule has 0 fully saturated rings. The summed E-state index contributed by atoms with van der Waals surface area (Å²) in [7, 11) is 1.41. The lowest BCUT2D eigenvalue weighted by atomic mass is 10.2. The van der Waals surface area contributed by atoms with E-state index < -0.39 is 7.18 Å². The lowest BCUT2D eigenvalue weighted by Gasteiger charge is -2.28. The van der Waals surface area contributed by atoms with Gasteiger partial charge < -0.3 is 8.85 Å². The summed E-state index contributed by atoms with van der Waals surface area (Å²) in [5.74, 6) is 0. The first-order chi connectivity index (χ1) is 5.64. The molecule has 0 saturated heterocycles. The Hall–Kier alpha value is 0.617. The molecular formula is C8H19BrO2Si. The van der Waals surface area contributed by atoms with E-state index in [1.165, 1.54) is 12.8 Å². The van der Waals surface area contributed by atoms with E-state index in [1.54, 1.807) is 14.2 Å². The first kappa shape index (κ1) is 12.6. The van der Waals surface area contributed by atoms with E-state index in [4.69, 9.17) is 8.85 Å². The maximum Gasteiger partial charge on any atom is 0.416 e. The van der Waals surface area contributed by atoms with Crippen molar-refractivity contribution in [1.29, 1.82) is 0 Å². The van der Waals surface area contributed by atoms with Gasteiger partial charge in [-0.25, -0.2) is 0 Å². The van der Waals surface area contributed by atoms with Crippen LogP contribution >= 0.6 is 15.3 Å². The Morgan fingerprint density at radius 2 is 1.75 bits per heavy atom. The molecule has 0 saturated carbocycles. The normalized spacial score (nSPS) is 14.8. The third-order valence-corrected chi connectivity index (χ3v) is 8.84. The van der Waals surface area contributed by atoms with Gasteiger partial charge in [0.15, 0.2) is 0 Å². The highest BCUT2D eigenvalue weighted by Gasteiger charge is 2.40. The Morgan fingerprint density at radius 3 is 2.00 bits per heavy atom. The molecule has 0 amide bonds. The first-order valence-corrected chi connectivity index (χ1v) is 8.58. The van der Waals surface area contributed by atoms with Gasteiger partial charge in [-0.3, -0.25) is 0 Å². The fourth-order valence-electron chi connectivity index (χ4n) is 1.39. The van der Waals surface area contributed by atoms with Crippen molar-refractivity contribution in [3.63, 3.8) is 0 Å². The molecular weight excluding hydrogens is 236 g/mol. The molecule has 0 aromatic rings. The third kappa shape index (κ3) is 3.16. The maximum atomic E-state index is 5.43. The number of halogens is 1. The van der Waals surface area contributed by atoms with E-state index in [0.29, 0.717) is 5.54 Å². The monoisotopic (exact) mass is 254 g/mol. The quantitative estimate of drug-likeness (QED) is 0.536. The molecule has 0 aliphatic carbocycles. The van der Waals surface area contributed by atoms with Crippen LogP contribution in [0.15, 0.2) is 0 Å². The summed E-state index contributed by atoms with van der Waals surface area (Å²) in [5, 5.41) is 0. The van der Waals surface area contributed by atoms with Crippen molar-refractivity contribution in [2.75, 3.05) is 14.2 Å². The van der Waals surface area contributed by atoms with Crippen LogP contribution in [0.4, 0.5) is 0 Å². The van der Waals surface area contributed by atoms with Crippen LogP contribution in [-0.2, 0) is 8.85 Å². The molecule has 4 heteroatoms. The molecule has 0 spiro atoms. The zero-order valence-corrected chi connectivity index (χ0v) is 11.0. The van der Waals surface area contributed by atoms with Gasteiger partial charge in [-0.2, -0.15) is 0 Å². The Balaban J connectivity index is 4.21. The largest absolute Gasteiger partial charge is 0.416 e. The van der Waals surface area contributed by atoms with E-state index in [2.05, 4.69) is 29.1 Å². The fourth-order valence-corrected chi connectivity index (χ4v) is 5.00. The standard InChI is InChI=1S/C8H19BrO2Si/c1-5-7-8(6-2)12(9,10-3)11-4/h8H,5-7H2,1-4H3. The zero-order chi connectivity index (χ0) is 9.61. The molecule has 1 unspecified atom stereocenters. The molecule has 0 rings (SSSR count). The molecule has 0 heterocycles. The van der Waals surface area contributed by atoms with Gasteiger partial charge in [0.1, 0.15) is 0 Å². The van der Waals surface area contributed by atoms with Crippen molar-refractivity contribution in [2.45, 2.75) is 38.7 Å². The highest BCUT2D eigenvalue weighted by molar-refractivity contribution is 9.25. The Bertz CT molecular complexity index is 118. The Kier molecular flexibility index (Phi) is 6.44. The van der Waals surface area contributed by atoms with Gasteiger partial charge >= 0.3 is 7.18 Å². The van der Waals surface area contributed by atoms with Crippen molar-refractivity contribution >= 4 is 22.5 Å². The summed E-state index contributed by atoms with van der Waals surface area (Å²) >= 11 is 3.61. The minimum atomic E-state index is -2.04. The summed E-state index contributed by atoms with van der Waals surface area (Å²) in [5.41, 5.74) is 0.553. The minimum absolute atomic E-state index is 0.553. The maximum absolute atomic E-state index is 5.43. The second kappa shape index (κ2) is 6.13. The fraction of sp³-hybridized carbons (Fsp3) is 1.00. The third-order valence-electron chi connectivity index (χ3n) is 2.17. The van der Waals surface area contributed by atoms with Crippen LogP contribution < -0.4 is 0 Å². The molecule has 0 aromatic carbocycles. The summed E-state index contributed by atoms with van der Waals surface area (Å²) in [6.07, 6.45) is 3.48. The highest BCUT2D eigenvalue weighted by Crippen LogP contribution is 2.35. The van der Waals surface area contributed by atoms with Crippen LogP contribution in [0, 0.1) is 0 Å². The number of hydrogen-bond donors (Lipinski definition) is 0. The summed E-state index contributed by atoms with van der Waals surface area (Å²) in [6, 6.07) is 0. The van der Waals surface area contributed by atoms with Crippen LogP contribution in [0.1, 0.15) is 33.1 Å². The number of rotatable bonds is 6. The molecule has 12 heavy (non-hydrogen) atoms. The average Bonchev–Trinajstić information content (AvgIpc) is 2.13. The SMILES string of the molecule is CCCC(CC)[Si](Br)(OC)OC. The first-order valence-electron chi connectivity index (χ1n) is 4.43. The van der Waals surface area contributed by atoms with Gasteiger partial charge in [0.25, 0.3) is 0 Å². The lowest BCUT2D eigenvalue weighted by molar-refractivity contribution is 0.253. The van der Waals surface area contributed by atoms with Crippen molar-refractivity contribution in [1.82, 2.24) is 0 Å². The van der Waals surface area contributed by atoms with Crippen molar-refractivity contribution in [2.24, 2.45) is 0 Å². The predicted octanol–water partition coefficient (Wildman–Crippen LogP) is 3.19. The Labute approximate surface area is 84.5 Å². The molecule has 0 N–H and O–H groups in total. The van der Waals surface area contributed by atoms with E-state index in [1.807, 2.05) is 0 Å². The van der Waals surface area contributed by atoms with Gasteiger partial charge in [0, 0.05) is 19.8 Å². The van der Waals surface area contributed by atoms with Crippen molar-refractivity contribution < 1.29 is 8.85 Å². The lowest BCUT2D eigenvalue weighted by Crippen LogP contribution is -2.38. The van der Waals surface area contributed by atoms with Crippen LogP contribution in [0.3, 0.4) is 0 Å². The van der Waals surface area contributed by atoms with Crippen molar-refractivity contribution in [3.8, 4) is 0 Å². The van der Waals surface area contributed by atoms with Gasteiger partial charge in [-0.1, -0.05) is 42.0 Å². The van der Waals surface area contributed by atoms with Gasteiger partial charge in [-0.05, 0) is 6.42 Å². The summed E-state index contributed by atoms with van der Waals surface area (Å²) < 4.78 is 10.9. The molecule has 2 nitrogen and oxygen atoms in total. The van der Waals surface area contributed by atoms with Gasteiger partial charge in [0.05, 0.1) is 0 Å². The van der Waals surface area contributed by atoms with Crippen LogP contribution in [-0.4, -0.2) is 21.4 Å². The molecule has 0 aliphatic heterocycles. The van der Waals surface area contributed by atoms with E-state index in [9.17, 15) is 0 Å². The minimum Gasteiger partial charge on any atom is -0.390 e. The molecule has 0 radical (unpaired) electrons. The predicted molar refractivity (Wildman–Crippen MR) is 57.6 cm³/mol. The average molecular weight is 255 g/mol. The molecule has 1 atom stereocenters. The highest BCUT2D eigenvalue weighted by atomic mass is 79.9. The second-order valence-corrected chi connectivity index (χ2v) is 9.00. The Morgan fingerprint density at radius 1 is 1.25 bits per heavy atom. The van der Waals surface area contributed by atoms with E-state index >= 15 is 0 Å². The number of hydrogen-bond acceptors (Lipinski definition) is 2. The van der Waals surface area contributed by atoms with Crippen LogP contribution in [0.5, 0.6) is 0 Å². The second-order valence-electron chi connectivity index (χ2n) is 2.88. The zero-order valence-electron chi connectivity index (χ0n) is 8.39. The molecule has 0 bridgehead atoms. The van der Waals surface area contributed by atoms with E-state index in [-0.39, 0.29) is 0 Å². The summed E-state index contributed by atoms with van der Waals surface area (Å²) in [4.78, 5) is 0. The van der Waals surface area contributed by atoms with Gasteiger partial charge in [-0.15, -0.1) is 0 Å².